The van der Waals surface area contributed by atoms with Gasteiger partial charge in [0.1, 0.15) is 0 Å². The standard InChI is InChI=1S/C11H15N3O5S/c12-9(15)3-1-2-6-14-20(18,19)10-5-4-8(7-13-10)11(16)17/h4-5,7,14H,1-3,6H2,(H2,12,15)(H,16,17). The molecule has 1 aromatic rings. The molecule has 0 aliphatic rings. The van der Waals surface area contributed by atoms with Gasteiger partial charge in [-0.05, 0) is 25.0 Å². The molecule has 0 saturated carbocycles. The van der Waals surface area contributed by atoms with E-state index in [1.54, 1.807) is 0 Å². The first-order chi connectivity index (χ1) is 9.33. The topological polar surface area (TPSA) is 139 Å². The van der Waals surface area contributed by atoms with Crippen molar-refractivity contribution >= 4 is 21.9 Å². The van der Waals surface area contributed by atoms with Crippen molar-refractivity contribution in [1.82, 2.24) is 9.71 Å². The summed E-state index contributed by atoms with van der Waals surface area (Å²) in [5, 5.41) is 8.43. The minimum absolute atomic E-state index is 0.0922. The SMILES string of the molecule is NC(=O)CCCCNS(=O)(=O)c1ccc(C(=O)O)cn1. The number of hydrogen-bond acceptors (Lipinski definition) is 5. The van der Waals surface area contributed by atoms with Gasteiger partial charge >= 0.3 is 5.97 Å². The number of nitrogens with one attached hydrogen (secondary N) is 1. The third kappa shape index (κ3) is 4.94. The average Bonchev–Trinajstić information content (AvgIpc) is 2.38. The van der Waals surface area contributed by atoms with E-state index in [1.165, 1.54) is 0 Å². The summed E-state index contributed by atoms with van der Waals surface area (Å²) in [5.41, 5.74) is 4.86. The van der Waals surface area contributed by atoms with Crippen molar-refractivity contribution in [3.63, 3.8) is 0 Å². The first-order valence-electron chi connectivity index (χ1n) is 5.80. The number of hydrogen-bond donors (Lipinski definition) is 3. The number of primary amides is 1. The highest BCUT2D eigenvalue weighted by Crippen LogP contribution is 2.07. The summed E-state index contributed by atoms with van der Waals surface area (Å²) in [5.74, 6) is -1.61. The van der Waals surface area contributed by atoms with Crippen LogP contribution in [-0.4, -0.2) is 36.9 Å². The van der Waals surface area contributed by atoms with Gasteiger partial charge < -0.3 is 10.8 Å². The Balaban J connectivity index is 2.56. The van der Waals surface area contributed by atoms with Crippen LogP contribution in [0.4, 0.5) is 0 Å². The lowest BCUT2D eigenvalue weighted by molar-refractivity contribution is -0.118. The van der Waals surface area contributed by atoms with Gasteiger partial charge in [-0.25, -0.2) is 22.9 Å². The quantitative estimate of drug-likeness (QED) is 0.564. The Morgan fingerprint density at radius 1 is 1.30 bits per heavy atom. The zero-order valence-corrected chi connectivity index (χ0v) is 11.4. The van der Waals surface area contributed by atoms with Crippen LogP contribution >= 0.6 is 0 Å². The molecule has 0 radical (unpaired) electrons. The number of nitrogens with zero attached hydrogens (tertiary/aromatic N) is 1. The number of rotatable bonds is 8. The number of sulfonamides is 1. The van der Waals surface area contributed by atoms with Gasteiger partial charge in [0.15, 0.2) is 5.03 Å². The highest BCUT2D eigenvalue weighted by Gasteiger charge is 2.15. The molecule has 0 atom stereocenters. The van der Waals surface area contributed by atoms with E-state index in [1.807, 2.05) is 0 Å². The Kier molecular flexibility index (Phi) is 5.59. The molecule has 0 unspecified atom stereocenters. The number of pyridine rings is 1. The predicted octanol–water partition coefficient (Wildman–Crippen LogP) is -0.286. The summed E-state index contributed by atoms with van der Waals surface area (Å²) in [6.45, 7) is 0.151. The van der Waals surface area contributed by atoms with Gasteiger partial charge in [0.05, 0.1) is 5.56 Å². The van der Waals surface area contributed by atoms with Gasteiger partial charge in [-0.1, -0.05) is 0 Å². The molecule has 0 bridgehead atoms. The molecule has 1 amide bonds. The maximum absolute atomic E-state index is 11.8. The number of amides is 1. The molecule has 0 saturated heterocycles. The number of nitrogens with two attached hydrogens (primary N) is 1. The highest BCUT2D eigenvalue weighted by molar-refractivity contribution is 7.89. The lowest BCUT2D eigenvalue weighted by atomic mass is 10.2. The Hall–Kier alpha value is -2.00. The predicted molar refractivity (Wildman–Crippen MR) is 69.4 cm³/mol. The van der Waals surface area contributed by atoms with Crippen LogP contribution in [0.5, 0.6) is 0 Å². The number of carbonyl (C=O) groups is 2. The second kappa shape index (κ2) is 6.96. The van der Waals surface area contributed by atoms with Crippen molar-refractivity contribution in [2.75, 3.05) is 6.54 Å². The average molecular weight is 301 g/mol. The van der Waals surface area contributed by atoms with E-state index in [9.17, 15) is 18.0 Å². The van der Waals surface area contributed by atoms with Crippen molar-refractivity contribution in [3.8, 4) is 0 Å². The van der Waals surface area contributed by atoms with E-state index in [0.29, 0.717) is 12.8 Å². The summed E-state index contributed by atoms with van der Waals surface area (Å²) >= 11 is 0. The van der Waals surface area contributed by atoms with Crippen molar-refractivity contribution in [2.24, 2.45) is 5.73 Å². The Bertz CT molecular complexity index is 583. The van der Waals surface area contributed by atoms with Gasteiger partial charge in [-0.2, -0.15) is 0 Å². The minimum Gasteiger partial charge on any atom is -0.478 e. The first kappa shape index (κ1) is 16.1. The molecule has 4 N–H and O–H groups in total. The van der Waals surface area contributed by atoms with E-state index in [0.717, 1.165) is 18.3 Å². The normalized spacial score (nSPS) is 11.2. The van der Waals surface area contributed by atoms with Crippen LogP contribution in [0.15, 0.2) is 23.4 Å². The van der Waals surface area contributed by atoms with Crippen LogP contribution in [-0.2, 0) is 14.8 Å². The van der Waals surface area contributed by atoms with Crippen LogP contribution in [0.2, 0.25) is 0 Å². The Morgan fingerprint density at radius 3 is 2.50 bits per heavy atom. The molecule has 0 aromatic carbocycles. The number of carboxylic acids is 1. The number of unbranched alkanes of at least 4 members (excludes halogenated alkanes) is 1. The second-order valence-corrected chi connectivity index (χ2v) is 5.73. The van der Waals surface area contributed by atoms with Gasteiger partial charge in [0.25, 0.3) is 10.0 Å². The summed E-state index contributed by atoms with van der Waals surface area (Å²) < 4.78 is 25.9. The first-order valence-corrected chi connectivity index (χ1v) is 7.28. The minimum atomic E-state index is -3.77. The smallest absolute Gasteiger partial charge is 0.337 e. The third-order valence-electron chi connectivity index (χ3n) is 2.40. The largest absolute Gasteiger partial charge is 0.478 e. The maximum atomic E-state index is 11.8. The Labute approximate surface area is 116 Å². The molecule has 0 spiro atoms. The molecule has 1 heterocycles. The molecular weight excluding hydrogens is 286 g/mol. The fourth-order valence-corrected chi connectivity index (χ4v) is 2.37. The molecule has 1 rings (SSSR count). The van der Waals surface area contributed by atoms with Crippen molar-refractivity contribution in [2.45, 2.75) is 24.3 Å². The summed E-state index contributed by atoms with van der Waals surface area (Å²) in [6, 6.07) is 2.28. The molecule has 110 valence electrons. The fourth-order valence-electron chi connectivity index (χ4n) is 1.37. The van der Waals surface area contributed by atoms with E-state index < -0.39 is 21.9 Å². The van der Waals surface area contributed by atoms with Crippen LogP contribution in [0.3, 0.4) is 0 Å². The van der Waals surface area contributed by atoms with Gasteiger partial charge in [0.2, 0.25) is 5.91 Å². The summed E-state index contributed by atoms with van der Waals surface area (Å²) in [6.07, 6.45) is 2.13. The van der Waals surface area contributed by atoms with Crippen LogP contribution in [0.25, 0.3) is 0 Å². The van der Waals surface area contributed by atoms with Gasteiger partial charge in [-0.15, -0.1) is 0 Å². The fraction of sp³-hybridized carbons (Fsp3) is 0.364. The zero-order valence-electron chi connectivity index (χ0n) is 10.6. The Morgan fingerprint density at radius 2 is 2.00 bits per heavy atom. The summed E-state index contributed by atoms with van der Waals surface area (Å²) in [7, 11) is -3.77. The van der Waals surface area contributed by atoms with Crippen molar-refractivity contribution in [3.05, 3.63) is 23.9 Å². The van der Waals surface area contributed by atoms with Crippen LogP contribution < -0.4 is 10.5 Å². The van der Waals surface area contributed by atoms with Crippen LogP contribution in [0.1, 0.15) is 29.6 Å². The molecule has 0 aliphatic heterocycles. The van der Waals surface area contributed by atoms with Crippen molar-refractivity contribution in [1.29, 1.82) is 0 Å². The van der Waals surface area contributed by atoms with E-state index in [-0.39, 0.29) is 23.6 Å². The lowest BCUT2D eigenvalue weighted by Crippen LogP contribution is -2.26. The van der Waals surface area contributed by atoms with Crippen LogP contribution in [0, 0.1) is 0 Å². The van der Waals surface area contributed by atoms with E-state index >= 15 is 0 Å². The van der Waals surface area contributed by atoms with E-state index in [4.69, 9.17) is 10.8 Å². The number of aromatic carboxylic acids is 1. The highest BCUT2D eigenvalue weighted by atomic mass is 32.2. The molecule has 1 aromatic heterocycles. The zero-order chi connectivity index (χ0) is 15.2. The second-order valence-electron chi connectivity index (χ2n) is 4.01. The molecule has 0 fully saturated rings. The third-order valence-corrected chi connectivity index (χ3v) is 3.78. The number of carboxylic acid groups (broad SMARTS) is 1. The monoisotopic (exact) mass is 301 g/mol. The maximum Gasteiger partial charge on any atom is 0.337 e. The molecule has 20 heavy (non-hydrogen) atoms. The number of aromatic nitrogens is 1. The number of carbonyl (C=O) groups excluding carboxylic acids is 1. The molecule has 8 nitrogen and oxygen atoms in total. The van der Waals surface area contributed by atoms with Gasteiger partial charge in [0, 0.05) is 19.2 Å². The van der Waals surface area contributed by atoms with E-state index in [2.05, 4.69) is 9.71 Å². The van der Waals surface area contributed by atoms with Gasteiger partial charge in [-0.3, -0.25) is 4.79 Å². The summed E-state index contributed by atoms with van der Waals surface area (Å²) in [4.78, 5) is 24.7. The molecule has 0 aliphatic carbocycles. The molecule has 9 heteroatoms. The molecular formula is C11H15N3O5S. The lowest BCUT2D eigenvalue weighted by Gasteiger charge is -2.05. The van der Waals surface area contributed by atoms with Crippen molar-refractivity contribution < 1.29 is 23.1 Å².